The Hall–Kier alpha value is -3.12. The molecule has 6 heteroatoms. The molecule has 0 saturated heterocycles. The van der Waals surface area contributed by atoms with Crippen molar-refractivity contribution in [3.05, 3.63) is 89.5 Å². The highest BCUT2D eigenvalue weighted by Gasteiger charge is 2.19. The molecule has 2 heterocycles. The Labute approximate surface area is 164 Å². The first-order valence-corrected chi connectivity index (χ1v) is 9.50. The molecule has 28 heavy (non-hydrogen) atoms. The number of amides is 2. The summed E-state index contributed by atoms with van der Waals surface area (Å²) in [7, 11) is 0. The van der Waals surface area contributed by atoms with E-state index >= 15 is 0 Å². The predicted octanol–water partition coefficient (Wildman–Crippen LogP) is 2.87. The number of fused-ring (bicyclic) bond motifs is 1. The lowest BCUT2D eigenvalue weighted by Crippen LogP contribution is -2.41. The van der Waals surface area contributed by atoms with E-state index in [2.05, 4.69) is 39.9 Å². The Bertz CT molecular complexity index is 924. The molecule has 3 aromatic rings. The summed E-state index contributed by atoms with van der Waals surface area (Å²) in [6.07, 6.45) is 6.34. The molecular weight excluding hydrogens is 352 g/mol. The van der Waals surface area contributed by atoms with Crippen LogP contribution in [0.5, 0.6) is 0 Å². The van der Waals surface area contributed by atoms with Gasteiger partial charge in [0.25, 0.3) is 0 Å². The van der Waals surface area contributed by atoms with E-state index in [4.69, 9.17) is 4.74 Å². The number of ether oxygens (including phenoxy) is 1. The van der Waals surface area contributed by atoms with Gasteiger partial charge in [0.15, 0.2) is 0 Å². The van der Waals surface area contributed by atoms with Crippen LogP contribution in [0.4, 0.5) is 4.79 Å². The van der Waals surface area contributed by atoms with Crippen LogP contribution in [0, 0.1) is 0 Å². The van der Waals surface area contributed by atoms with E-state index in [1.807, 2.05) is 35.0 Å². The van der Waals surface area contributed by atoms with Crippen LogP contribution >= 0.6 is 0 Å². The minimum atomic E-state index is -0.178. The van der Waals surface area contributed by atoms with Crippen LogP contribution in [0.25, 0.3) is 0 Å². The van der Waals surface area contributed by atoms with E-state index in [-0.39, 0.29) is 12.1 Å². The molecular formula is C22H24N4O2. The normalized spacial score (nSPS) is 15.6. The zero-order valence-electron chi connectivity index (χ0n) is 15.7. The van der Waals surface area contributed by atoms with Crippen LogP contribution in [0.3, 0.4) is 0 Å². The van der Waals surface area contributed by atoms with Gasteiger partial charge in [-0.2, -0.15) is 0 Å². The second-order valence-corrected chi connectivity index (χ2v) is 7.02. The zero-order chi connectivity index (χ0) is 19.2. The third-order valence-electron chi connectivity index (χ3n) is 4.90. The van der Waals surface area contributed by atoms with Gasteiger partial charge in [0, 0.05) is 38.4 Å². The maximum Gasteiger partial charge on any atom is 0.315 e. The maximum absolute atomic E-state index is 12.2. The highest BCUT2D eigenvalue weighted by molar-refractivity contribution is 5.73. The lowest BCUT2D eigenvalue weighted by molar-refractivity contribution is 0.0305. The molecule has 4 rings (SSSR count). The standard InChI is InChI=1S/C22H24N4O2/c27-22(25-13-21-11-19-6-1-2-7-20(19)15-28-21)24-12-17-4-3-5-18(10-17)14-26-9-8-23-16-26/h1-10,16,21H,11-15H2,(H2,24,25,27)/t21-/m0/s1. The largest absolute Gasteiger partial charge is 0.371 e. The molecule has 0 unspecified atom stereocenters. The Morgan fingerprint density at radius 1 is 1.11 bits per heavy atom. The molecule has 0 aliphatic carbocycles. The summed E-state index contributed by atoms with van der Waals surface area (Å²) in [5.74, 6) is 0. The molecule has 1 atom stereocenters. The quantitative estimate of drug-likeness (QED) is 0.695. The predicted molar refractivity (Wildman–Crippen MR) is 107 cm³/mol. The van der Waals surface area contributed by atoms with Crippen molar-refractivity contribution in [2.75, 3.05) is 6.54 Å². The van der Waals surface area contributed by atoms with Gasteiger partial charge in [0.05, 0.1) is 19.0 Å². The van der Waals surface area contributed by atoms with Crippen molar-refractivity contribution in [3.8, 4) is 0 Å². The topological polar surface area (TPSA) is 68.2 Å². The molecule has 0 spiro atoms. The molecule has 0 radical (unpaired) electrons. The van der Waals surface area contributed by atoms with Gasteiger partial charge in [-0.1, -0.05) is 48.5 Å². The first kappa shape index (κ1) is 18.3. The van der Waals surface area contributed by atoms with E-state index in [1.165, 1.54) is 16.7 Å². The Morgan fingerprint density at radius 2 is 1.96 bits per heavy atom. The first-order chi connectivity index (χ1) is 13.8. The van der Waals surface area contributed by atoms with Crippen LogP contribution < -0.4 is 10.6 Å². The Balaban J connectivity index is 1.23. The van der Waals surface area contributed by atoms with Gasteiger partial charge in [-0.15, -0.1) is 0 Å². The molecule has 2 aromatic carbocycles. The molecule has 2 N–H and O–H groups in total. The third-order valence-corrected chi connectivity index (χ3v) is 4.90. The SMILES string of the molecule is O=C(NCc1cccc(Cn2ccnc2)c1)NC[C@@H]1Cc2ccccc2CO1. The maximum atomic E-state index is 12.2. The number of urea groups is 1. The average Bonchev–Trinajstić information content (AvgIpc) is 3.24. The van der Waals surface area contributed by atoms with E-state index in [9.17, 15) is 4.79 Å². The van der Waals surface area contributed by atoms with Gasteiger partial charge in [0.1, 0.15) is 0 Å². The van der Waals surface area contributed by atoms with E-state index < -0.39 is 0 Å². The summed E-state index contributed by atoms with van der Waals surface area (Å²) in [5.41, 5.74) is 4.78. The molecule has 1 aliphatic heterocycles. The lowest BCUT2D eigenvalue weighted by Gasteiger charge is -2.25. The molecule has 0 saturated carbocycles. The number of aromatic nitrogens is 2. The van der Waals surface area contributed by atoms with Crippen LogP contribution in [0.15, 0.2) is 67.3 Å². The minimum Gasteiger partial charge on any atom is -0.371 e. The van der Waals surface area contributed by atoms with Crippen LogP contribution in [-0.4, -0.2) is 28.2 Å². The van der Waals surface area contributed by atoms with Gasteiger partial charge in [-0.25, -0.2) is 9.78 Å². The molecule has 6 nitrogen and oxygen atoms in total. The van der Waals surface area contributed by atoms with Crippen molar-refractivity contribution < 1.29 is 9.53 Å². The summed E-state index contributed by atoms with van der Waals surface area (Å²) in [5, 5.41) is 5.84. The summed E-state index contributed by atoms with van der Waals surface area (Å²) >= 11 is 0. The van der Waals surface area contributed by atoms with Gasteiger partial charge in [-0.3, -0.25) is 0 Å². The number of nitrogens with zero attached hydrogens (tertiary/aromatic N) is 2. The zero-order valence-corrected chi connectivity index (χ0v) is 15.7. The second-order valence-electron chi connectivity index (χ2n) is 7.02. The Kier molecular flexibility index (Phi) is 5.68. The molecule has 2 amide bonds. The second kappa shape index (κ2) is 8.71. The first-order valence-electron chi connectivity index (χ1n) is 9.50. The Morgan fingerprint density at radius 3 is 2.82 bits per heavy atom. The van der Waals surface area contributed by atoms with Crippen LogP contribution in [-0.2, 0) is 30.9 Å². The summed E-state index contributed by atoms with van der Waals surface area (Å²) < 4.78 is 7.85. The number of carbonyl (C=O) groups excluding carboxylic acids is 1. The molecule has 1 aromatic heterocycles. The number of hydrogen-bond acceptors (Lipinski definition) is 3. The summed E-state index contributed by atoms with van der Waals surface area (Å²) in [6, 6.07) is 16.3. The van der Waals surface area contributed by atoms with E-state index in [0.29, 0.717) is 19.7 Å². The summed E-state index contributed by atoms with van der Waals surface area (Å²) in [4.78, 5) is 16.2. The molecule has 0 fully saturated rings. The smallest absolute Gasteiger partial charge is 0.315 e. The fraction of sp³-hybridized carbons (Fsp3) is 0.273. The van der Waals surface area contributed by atoms with Crippen molar-refractivity contribution in [2.24, 2.45) is 0 Å². The van der Waals surface area contributed by atoms with Gasteiger partial charge in [-0.05, 0) is 22.3 Å². The van der Waals surface area contributed by atoms with Crippen molar-refractivity contribution >= 4 is 6.03 Å². The van der Waals surface area contributed by atoms with Crippen LogP contribution in [0.2, 0.25) is 0 Å². The third kappa shape index (κ3) is 4.78. The number of carbonyl (C=O) groups is 1. The number of benzene rings is 2. The number of hydrogen-bond donors (Lipinski definition) is 2. The monoisotopic (exact) mass is 376 g/mol. The highest BCUT2D eigenvalue weighted by Crippen LogP contribution is 2.19. The van der Waals surface area contributed by atoms with Gasteiger partial charge < -0.3 is 19.9 Å². The number of imidazole rings is 1. The number of nitrogens with one attached hydrogen (secondary N) is 2. The van der Waals surface area contributed by atoms with Crippen molar-refractivity contribution in [3.63, 3.8) is 0 Å². The molecule has 144 valence electrons. The van der Waals surface area contributed by atoms with Crippen molar-refractivity contribution in [1.82, 2.24) is 20.2 Å². The number of rotatable bonds is 6. The van der Waals surface area contributed by atoms with Crippen molar-refractivity contribution in [1.29, 1.82) is 0 Å². The van der Waals surface area contributed by atoms with Gasteiger partial charge in [0.2, 0.25) is 0 Å². The molecule has 1 aliphatic rings. The van der Waals surface area contributed by atoms with E-state index in [1.54, 1.807) is 12.5 Å². The van der Waals surface area contributed by atoms with Crippen LogP contribution in [0.1, 0.15) is 22.3 Å². The van der Waals surface area contributed by atoms with Crippen molar-refractivity contribution in [2.45, 2.75) is 32.2 Å². The van der Waals surface area contributed by atoms with Gasteiger partial charge >= 0.3 is 6.03 Å². The summed E-state index contributed by atoms with van der Waals surface area (Å²) in [6.45, 7) is 2.35. The van der Waals surface area contributed by atoms with E-state index in [0.717, 1.165) is 18.5 Å². The fourth-order valence-corrected chi connectivity index (χ4v) is 3.42. The minimum absolute atomic E-state index is 0.0131. The fourth-order valence-electron chi connectivity index (χ4n) is 3.42. The highest BCUT2D eigenvalue weighted by atomic mass is 16.5. The average molecular weight is 376 g/mol. The molecule has 0 bridgehead atoms. The lowest BCUT2D eigenvalue weighted by atomic mass is 9.99.